The number of benzene rings is 2. The zero-order chi connectivity index (χ0) is 35.1. The van der Waals surface area contributed by atoms with Crippen LogP contribution in [0.1, 0.15) is 70.3 Å². The summed E-state index contributed by atoms with van der Waals surface area (Å²) in [6, 6.07) is 13.1. The Morgan fingerprint density at radius 2 is 1.82 bits per heavy atom. The Bertz CT molecular complexity index is 1840. The fraction of sp³-hybridized carbons (Fsp3) is 0.487. The minimum absolute atomic E-state index is 0.307. The number of imidazole rings is 1. The van der Waals surface area contributed by atoms with E-state index in [1.165, 1.54) is 13.2 Å². The summed E-state index contributed by atoms with van der Waals surface area (Å²) >= 11 is 0. The molecule has 2 aromatic heterocycles. The lowest BCUT2D eigenvalue weighted by Gasteiger charge is -2.41. The summed E-state index contributed by atoms with van der Waals surface area (Å²) in [5.74, 6) is 0.460. The van der Waals surface area contributed by atoms with Gasteiger partial charge in [-0.25, -0.2) is 14.2 Å². The van der Waals surface area contributed by atoms with Crippen LogP contribution in [-0.4, -0.2) is 72.7 Å². The first-order chi connectivity index (χ1) is 23.2. The zero-order valence-corrected chi connectivity index (χ0v) is 29.9. The molecule has 1 fully saturated rings. The molecule has 0 N–H and O–H groups in total. The Balaban J connectivity index is 1.55. The van der Waals surface area contributed by atoms with Crippen LogP contribution in [0.2, 0.25) is 0 Å². The molecule has 0 amide bonds. The highest BCUT2D eigenvalue weighted by Crippen LogP contribution is 2.41. The SMILES string of the molecule is COC(=O)[C@@H](OC(C)(C)C)c1c(C)cc2nc3cn2c1N1CCC(C)(CC1)OCCOC[C@H](C)Oc1cc(C)cc(F)c1-c1cccc-3c1. The molecule has 0 unspecified atom stereocenters. The van der Waals surface area contributed by atoms with Gasteiger partial charge in [0.25, 0.3) is 0 Å². The van der Waals surface area contributed by atoms with Gasteiger partial charge in [0.2, 0.25) is 0 Å². The van der Waals surface area contributed by atoms with E-state index >= 15 is 4.39 Å². The number of methoxy groups -OCH3 is 1. The molecule has 1 saturated heterocycles. The first-order valence-electron chi connectivity index (χ1n) is 17.1. The molecule has 7 rings (SSSR count). The number of halogens is 1. The van der Waals surface area contributed by atoms with Crippen molar-refractivity contribution in [3.63, 3.8) is 0 Å². The number of fused-ring (bicyclic) bond motifs is 8. The van der Waals surface area contributed by atoms with E-state index < -0.39 is 17.7 Å². The normalized spacial score (nSPS) is 20.9. The van der Waals surface area contributed by atoms with Crippen LogP contribution in [-0.2, 0) is 23.7 Å². The number of aryl methyl sites for hydroxylation is 2. The lowest BCUT2D eigenvalue weighted by molar-refractivity contribution is -0.164. The zero-order valence-electron chi connectivity index (χ0n) is 29.9. The van der Waals surface area contributed by atoms with Crippen molar-refractivity contribution >= 4 is 17.4 Å². The molecule has 6 bridgehead atoms. The second-order valence-corrected chi connectivity index (χ2v) is 14.5. The van der Waals surface area contributed by atoms with Gasteiger partial charge in [-0.2, -0.15) is 0 Å². The maximum atomic E-state index is 15.7. The van der Waals surface area contributed by atoms with Crippen molar-refractivity contribution in [3.8, 4) is 28.1 Å². The number of hydrogen-bond donors (Lipinski definition) is 0. The number of esters is 1. The first-order valence-corrected chi connectivity index (χ1v) is 17.1. The molecule has 5 heterocycles. The molecule has 4 aromatic rings. The minimum atomic E-state index is -0.962. The van der Waals surface area contributed by atoms with Gasteiger partial charge in [0.1, 0.15) is 29.1 Å². The summed E-state index contributed by atoms with van der Waals surface area (Å²) in [7, 11) is 1.39. The molecule has 262 valence electrons. The number of hydrogen-bond acceptors (Lipinski definition) is 8. The van der Waals surface area contributed by atoms with Crippen LogP contribution in [0.4, 0.5) is 10.2 Å². The summed E-state index contributed by atoms with van der Waals surface area (Å²) in [6.45, 7) is 16.3. The quantitative estimate of drug-likeness (QED) is 0.162. The average molecular weight is 674 g/mol. The van der Waals surface area contributed by atoms with E-state index in [1.54, 1.807) is 0 Å². The molecular weight excluding hydrogens is 625 g/mol. The van der Waals surface area contributed by atoms with Crippen LogP contribution in [0.3, 0.4) is 0 Å². The van der Waals surface area contributed by atoms with Gasteiger partial charge in [0.15, 0.2) is 6.10 Å². The van der Waals surface area contributed by atoms with E-state index in [1.807, 2.05) is 88.5 Å². The number of piperidine rings is 1. The number of aromatic nitrogens is 2. The van der Waals surface area contributed by atoms with E-state index in [-0.39, 0.29) is 17.5 Å². The number of carbonyl (C=O) groups excluding carboxylic acids is 1. The Kier molecular flexibility index (Phi) is 9.77. The van der Waals surface area contributed by atoms with E-state index in [4.69, 9.17) is 28.7 Å². The number of nitrogens with zero attached hydrogens (tertiary/aromatic N) is 3. The molecule has 49 heavy (non-hydrogen) atoms. The van der Waals surface area contributed by atoms with Crippen LogP contribution < -0.4 is 9.64 Å². The Morgan fingerprint density at radius 3 is 2.53 bits per heavy atom. The van der Waals surface area contributed by atoms with Gasteiger partial charge < -0.3 is 28.6 Å². The number of ether oxygens (including phenoxy) is 5. The van der Waals surface area contributed by atoms with E-state index in [9.17, 15) is 4.79 Å². The van der Waals surface area contributed by atoms with Crippen LogP contribution in [0.15, 0.2) is 48.7 Å². The molecule has 0 saturated carbocycles. The Labute approximate surface area is 288 Å². The fourth-order valence-corrected chi connectivity index (χ4v) is 6.82. The highest BCUT2D eigenvalue weighted by atomic mass is 19.1. The van der Waals surface area contributed by atoms with Crippen molar-refractivity contribution in [1.29, 1.82) is 0 Å². The smallest absolute Gasteiger partial charge is 0.339 e. The van der Waals surface area contributed by atoms with Gasteiger partial charge in [-0.3, -0.25) is 4.40 Å². The van der Waals surface area contributed by atoms with Gasteiger partial charge in [-0.15, -0.1) is 0 Å². The van der Waals surface area contributed by atoms with Crippen molar-refractivity contribution in [2.24, 2.45) is 0 Å². The average Bonchev–Trinajstić information content (AvgIpc) is 3.46. The van der Waals surface area contributed by atoms with Gasteiger partial charge in [-0.1, -0.05) is 18.2 Å². The largest absolute Gasteiger partial charge is 0.488 e. The highest BCUT2D eigenvalue weighted by Gasteiger charge is 2.37. The summed E-state index contributed by atoms with van der Waals surface area (Å²) < 4.78 is 48.2. The second kappa shape index (κ2) is 13.7. The molecule has 2 aromatic carbocycles. The van der Waals surface area contributed by atoms with Gasteiger partial charge in [-0.05, 0) is 102 Å². The molecule has 0 radical (unpaired) electrons. The van der Waals surface area contributed by atoms with Crippen molar-refractivity contribution in [3.05, 3.63) is 71.2 Å². The first kappa shape index (κ1) is 34.9. The lowest BCUT2D eigenvalue weighted by Crippen LogP contribution is -2.46. The van der Waals surface area contributed by atoms with Crippen LogP contribution >= 0.6 is 0 Å². The van der Waals surface area contributed by atoms with Crippen molar-refractivity contribution in [2.45, 2.75) is 84.7 Å². The number of rotatable bonds is 3. The van der Waals surface area contributed by atoms with E-state index in [2.05, 4.69) is 11.8 Å². The molecule has 0 aliphatic carbocycles. The van der Waals surface area contributed by atoms with Crippen molar-refractivity contribution < 1.29 is 32.9 Å². The number of carbonyl (C=O) groups is 1. The maximum Gasteiger partial charge on any atom is 0.339 e. The molecule has 10 heteroatoms. The van der Waals surface area contributed by atoms with Crippen LogP contribution in [0, 0.1) is 19.7 Å². The second-order valence-electron chi connectivity index (χ2n) is 14.5. The maximum absolute atomic E-state index is 15.7. The molecule has 2 atom stereocenters. The van der Waals surface area contributed by atoms with E-state index in [0.29, 0.717) is 55.5 Å². The third kappa shape index (κ3) is 7.46. The van der Waals surface area contributed by atoms with E-state index in [0.717, 1.165) is 46.6 Å². The van der Waals surface area contributed by atoms with Crippen molar-refractivity contribution in [2.75, 3.05) is 44.9 Å². The predicted molar refractivity (Wildman–Crippen MR) is 188 cm³/mol. The summed E-state index contributed by atoms with van der Waals surface area (Å²) in [5, 5.41) is 0. The predicted octanol–water partition coefficient (Wildman–Crippen LogP) is 7.63. The topological polar surface area (TPSA) is 83.8 Å². The third-order valence-electron chi connectivity index (χ3n) is 9.25. The summed E-state index contributed by atoms with van der Waals surface area (Å²) in [4.78, 5) is 20.8. The van der Waals surface area contributed by atoms with Crippen molar-refractivity contribution in [1.82, 2.24) is 9.38 Å². The molecule has 3 aliphatic heterocycles. The minimum Gasteiger partial charge on any atom is -0.488 e. The van der Waals surface area contributed by atoms with Gasteiger partial charge in [0.05, 0.1) is 49.4 Å². The monoisotopic (exact) mass is 673 g/mol. The van der Waals surface area contributed by atoms with Gasteiger partial charge in [0, 0.05) is 30.4 Å². The van der Waals surface area contributed by atoms with Gasteiger partial charge >= 0.3 is 5.97 Å². The number of anilines is 1. The number of pyridine rings is 1. The Hall–Kier alpha value is -3.99. The molecule has 9 nitrogen and oxygen atoms in total. The standard InChI is InChI=1S/C39H48FN3O6/c1-24-18-29(40)34-28-11-9-10-27(21-28)30-22-43-32(41-30)20-25(2)33(35(37(44)45-8)49-38(4,5)6)36(43)42-14-12-39(7,13-15-42)47-17-16-46-23-26(3)48-31(34)19-24/h9-11,18-22,26,35H,12-17,23H2,1-8H3/t26-,35-/m0/s1. The summed E-state index contributed by atoms with van der Waals surface area (Å²) in [5.41, 5.74) is 4.72. The van der Waals surface area contributed by atoms with Crippen LogP contribution in [0.25, 0.3) is 28.0 Å². The fourth-order valence-electron chi connectivity index (χ4n) is 6.82. The third-order valence-corrected chi connectivity index (χ3v) is 9.25. The summed E-state index contributed by atoms with van der Waals surface area (Å²) in [6.07, 6.45) is 2.27. The lowest BCUT2D eigenvalue weighted by atomic mass is 9.92. The van der Waals surface area contributed by atoms with Crippen LogP contribution in [0.5, 0.6) is 5.75 Å². The molecular formula is C39H48FN3O6. The molecule has 0 spiro atoms. The Morgan fingerprint density at radius 1 is 1.08 bits per heavy atom. The highest BCUT2D eigenvalue weighted by molar-refractivity contribution is 5.82. The molecule has 3 aliphatic rings.